The number of benzene rings is 4. The molecule has 0 aliphatic carbocycles. The van der Waals surface area contributed by atoms with Crippen LogP contribution in [0, 0.1) is 0 Å². The molecule has 0 unspecified atom stereocenters. The predicted molar refractivity (Wildman–Crippen MR) is 109 cm³/mol. The zero-order valence-electron chi connectivity index (χ0n) is 14.7. The van der Waals surface area contributed by atoms with Gasteiger partial charge < -0.3 is 5.73 Å². The van der Waals surface area contributed by atoms with Crippen LogP contribution < -0.4 is 15.5 Å². The number of anilines is 1. The second-order valence-electron chi connectivity index (χ2n) is 6.20. The summed E-state index contributed by atoms with van der Waals surface area (Å²) in [6.45, 7) is 0. The fraction of sp³-hybridized carbons (Fsp3) is 0. The van der Waals surface area contributed by atoms with Gasteiger partial charge in [-0.25, -0.2) is 0 Å². The molecule has 132 valence electrons. The molecule has 0 saturated carbocycles. The number of nitrogen functional groups attached to an aromatic ring is 1. The van der Waals surface area contributed by atoms with E-state index in [2.05, 4.69) is 12.1 Å². The van der Waals surface area contributed by atoms with Crippen molar-refractivity contribution >= 4 is 5.69 Å². The smallest absolute Gasteiger partial charge is 0.178 e. The summed E-state index contributed by atoms with van der Waals surface area (Å²) in [7, 11) is 0. The second-order valence-corrected chi connectivity index (χ2v) is 6.20. The Morgan fingerprint density at radius 3 is 1.22 bits per heavy atom. The predicted octanol–water partition coefficient (Wildman–Crippen LogP) is 5.98. The molecule has 0 heterocycles. The monoisotopic (exact) mass is 353 g/mol. The molecular weight excluding hydrogens is 334 g/mol. The molecule has 0 amide bonds. The third-order valence-electron chi connectivity index (χ3n) is 4.29. The van der Waals surface area contributed by atoms with E-state index in [0.29, 0.717) is 11.5 Å². The summed E-state index contributed by atoms with van der Waals surface area (Å²) in [6.07, 6.45) is 0. The maximum Gasteiger partial charge on any atom is 0.178 e. The minimum Gasteiger partial charge on any atom is -0.399 e. The molecule has 0 bridgehead atoms. The van der Waals surface area contributed by atoms with Gasteiger partial charge >= 0.3 is 0 Å². The van der Waals surface area contributed by atoms with Gasteiger partial charge in [0.25, 0.3) is 0 Å². The van der Waals surface area contributed by atoms with E-state index < -0.39 is 0 Å². The van der Waals surface area contributed by atoms with Gasteiger partial charge in [0.1, 0.15) is 0 Å². The Labute approximate surface area is 158 Å². The van der Waals surface area contributed by atoms with Crippen molar-refractivity contribution in [1.29, 1.82) is 0 Å². The van der Waals surface area contributed by atoms with Crippen LogP contribution in [0.2, 0.25) is 0 Å². The van der Waals surface area contributed by atoms with Crippen molar-refractivity contribution in [3.63, 3.8) is 0 Å². The molecule has 2 N–H and O–H groups in total. The average Bonchev–Trinajstić information content (AvgIpc) is 2.74. The van der Waals surface area contributed by atoms with Crippen LogP contribution in [-0.4, -0.2) is 0 Å². The Bertz CT molecular complexity index is 993. The highest BCUT2D eigenvalue weighted by molar-refractivity contribution is 5.66. The molecule has 0 spiro atoms. The van der Waals surface area contributed by atoms with Gasteiger partial charge in [-0.2, -0.15) is 0 Å². The first kappa shape index (κ1) is 16.7. The van der Waals surface area contributed by atoms with Gasteiger partial charge in [-0.3, -0.25) is 9.78 Å². The summed E-state index contributed by atoms with van der Waals surface area (Å²) in [5.74, 6) is 1.29. The SMILES string of the molecule is Nc1ccc(-c2ccc(OOc3ccc(-c4ccccc4)cc3)cc2)cc1. The molecule has 4 aromatic rings. The second kappa shape index (κ2) is 7.67. The molecule has 0 atom stereocenters. The molecular formula is C24H19NO2. The largest absolute Gasteiger partial charge is 0.399 e. The van der Waals surface area contributed by atoms with Gasteiger partial charge in [0.2, 0.25) is 0 Å². The van der Waals surface area contributed by atoms with E-state index in [4.69, 9.17) is 15.5 Å². The minimum atomic E-state index is 0.640. The summed E-state index contributed by atoms with van der Waals surface area (Å²) in [4.78, 5) is 10.9. The van der Waals surface area contributed by atoms with Crippen LogP contribution in [0.4, 0.5) is 5.69 Å². The highest BCUT2D eigenvalue weighted by Gasteiger charge is 2.02. The highest BCUT2D eigenvalue weighted by Crippen LogP contribution is 2.25. The Morgan fingerprint density at radius 2 is 0.778 bits per heavy atom. The lowest BCUT2D eigenvalue weighted by Crippen LogP contribution is -2.00. The van der Waals surface area contributed by atoms with Crippen molar-refractivity contribution < 1.29 is 9.78 Å². The lowest BCUT2D eigenvalue weighted by molar-refractivity contribution is -0.0999. The Kier molecular flexibility index (Phi) is 4.75. The van der Waals surface area contributed by atoms with Crippen molar-refractivity contribution in [2.45, 2.75) is 0 Å². The molecule has 27 heavy (non-hydrogen) atoms. The zero-order chi connectivity index (χ0) is 18.5. The van der Waals surface area contributed by atoms with Gasteiger partial charge in [0.05, 0.1) is 0 Å². The third kappa shape index (κ3) is 4.10. The van der Waals surface area contributed by atoms with Crippen LogP contribution in [0.1, 0.15) is 0 Å². The maximum atomic E-state index is 5.73. The Hall–Kier alpha value is -3.72. The molecule has 0 aromatic heterocycles. The average molecular weight is 353 g/mol. The molecule has 0 aliphatic rings. The van der Waals surface area contributed by atoms with Crippen LogP contribution in [0.25, 0.3) is 22.3 Å². The molecule has 3 heteroatoms. The molecule has 0 radical (unpaired) electrons. The van der Waals surface area contributed by atoms with Crippen LogP contribution >= 0.6 is 0 Å². The van der Waals surface area contributed by atoms with E-state index in [-0.39, 0.29) is 0 Å². The summed E-state index contributed by atoms with van der Waals surface area (Å²) < 4.78 is 0. The molecule has 4 rings (SSSR count). The highest BCUT2D eigenvalue weighted by atomic mass is 17.2. The third-order valence-corrected chi connectivity index (χ3v) is 4.29. The van der Waals surface area contributed by atoms with E-state index in [1.54, 1.807) is 0 Å². The van der Waals surface area contributed by atoms with E-state index >= 15 is 0 Å². The first-order valence-electron chi connectivity index (χ1n) is 8.74. The van der Waals surface area contributed by atoms with Crippen molar-refractivity contribution in [3.8, 4) is 33.8 Å². The first-order chi connectivity index (χ1) is 13.3. The maximum absolute atomic E-state index is 5.73. The van der Waals surface area contributed by atoms with Gasteiger partial charge in [-0.15, -0.1) is 0 Å². The quantitative estimate of drug-likeness (QED) is 0.273. The summed E-state index contributed by atoms with van der Waals surface area (Å²) >= 11 is 0. The number of hydrogen-bond acceptors (Lipinski definition) is 3. The van der Waals surface area contributed by atoms with Crippen molar-refractivity contribution in [1.82, 2.24) is 0 Å². The van der Waals surface area contributed by atoms with Crippen molar-refractivity contribution in [3.05, 3.63) is 103 Å². The van der Waals surface area contributed by atoms with Gasteiger partial charge in [0.15, 0.2) is 11.5 Å². The number of nitrogens with two attached hydrogens (primary N) is 1. The van der Waals surface area contributed by atoms with Crippen LogP contribution in [0.15, 0.2) is 103 Å². The molecule has 0 fully saturated rings. The summed E-state index contributed by atoms with van der Waals surface area (Å²) in [5, 5.41) is 0. The lowest BCUT2D eigenvalue weighted by atomic mass is 10.1. The minimum absolute atomic E-state index is 0.640. The standard InChI is InChI=1S/C24H19NO2/c25-22-12-6-19(7-13-22)21-10-16-24(17-11-21)27-26-23-14-8-20(9-15-23)18-4-2-1-3-5-18/h1-17H,25H2. The number of hydrogen-bond donors (Lipinski definition) is 1. The molecule has 0 saturated heterocycles. The van der Waals surface area contributed by atoms with Crippen LogP contribution in [-0.2, 0) is 0 Å². The van der Waals surface area contributed by atoms with Gasteiger partial charge in [0, 0.05) is 5.69 Å². The van der Waals surface area contributed by atoms with E-state index in [9.17, 15) is 0 Å². The summed E-state index contributed by atoms with van der Waals surface area (Å²) in [6, 6.07) is 33.5. The topological polar surface area (TPSA) is 44.5 Å². The van der Waals surface area contributed by atoms with E-state index in [1.165, 1.54) is 5.56 Å². The summed E-state index contributed by atoms with van der Waals surface area (Å²) in [5.41, 5.74) is 11.0. The number of rotatable bonds is 5. The van der Waals surface area contributed by atoms with E-state index in [0.717, 1.165) is 22.4 Å². The van der Waals surface area contributed by atoms with Crippen molar-refractivity contribution in [2.75, 3.05) is 5.73 Å². The fourth-order valence-electron chi connectivity index (χ4n) is 2.81. The Morgan fingerprint density at radius 1 is 0.407 bits per heavy atom. The molecule has 0 aliphatic heterocycles. The first-order valence-corrected chi connectivity index (χ1v) is 8.74. The fourth-order valence-corrected chi connectivity index (χ4v) is 2.81. The van der Waals surface area contributed by atoms with Crippen LogP contribution in [0.5, 0.6) is 11.5 Å². The van der Waals surface area contributed by atoms with Gasteiger partial charge in [-0.1, -0.05) is 66.7 Å². The molecule has 3 nitrogen and oxygen atoms in total. The normalized spacial score (nSPS) is 10.4. The lowest BCUT2D eigenvalue weighted by Gasteiger charge is -2.08. The Balaban J connectivity index is 1.39. The zero-order valence-corrected chi connectivity index (χ0v) is 14.7. The van der Waals surface area contributed by atoms with Gasteiger partial charge in [-0.05, 0) is 58.7 Å². The van der Waals surface area contributed by atoms with Crippen LogP contribution in [0.3, 0.4) is 0 Å². The molecule has 4 aromatic carbocycles. The van der Waals surface area contributed by atoms with Crippen molar-refractivity contribution in [2.24, 2.45) is 0 Å². The van der Waals surface area contributed by atoms with E-state index in [1.807, 2.05) is 91.0 Å².